The van der Waals surface area contributed by atoms with E-state index in [2.05, 4.69) is 4.90 Å². The molecule has 18 heavy (non-hydrogen) atoms. The van der Waals surface area contributed by atoms with Crippen molar-refractivity contribution in [3.63, 3.8) is 0 Å². The molecule has 1 aromatic rings. The van der Waals surface area contributed by atoms with Crippen molar-refractivity contribution in [3.05, 3.63) is 27.1 Å². The van der Waals surface area contributed by atoms with Crippen LogP contribution in [0, 0.1) is 10.1 Å². The van der Waals surface area contributed by atoms with Crippen molar-refractivity contribution in [2.24, 2.45) is 0 Å². The maximum absolute atomic E-state index is 10.6. The Morgan fingerprint density at radius 1 is 1.67 bits per heavy atom. The van der Waals surface area contributed by atoms with Crippen molar-refractivity contribution in [3.8, 4) is 0 Å². The molecule has 0 aromatic carbocycles. The van der Waals surface area contributed by atoms with E-state index in [0.29, 0.717) is 6.54 Å². The highest BCUT2D eigenvalue weighted by Crippen LogP contribution is 2.30. The average Bonchev–Trinajstić information content (AvgIpc) is 2.85. The Kier molecular flexibility index (Phi) is 3.70. The third kappa shape index (κ3) is 2.88. The summed E-state index contributed by atoms with van der Waals surface area (Å²) in [6, 6.07) is 1.76. The molecule has 1 N–H and O–H groups in total. The van der Waals surface area contributed by atoms with E-state index < -0.39 is 5.60 Å². The van der Waals surface area contributed by atoms with Gasteiger partial charge in [0.25, 0.3) is 0 Å². The zero-order chi connectivity index (χ0) is 13.3. The van der Waals surface area contributed by atoms with E-state index in [4.69, 9.17) is 0 Å². The number of aliphatic hydroxyl groups is 1. The lowest BCUT2D eigenvalue weighted by Gasteiger charge is -2.33. The SMILES string of the molecule is CC(C)(O)C1CCCN1Cc1csc([N+](=O)[O-])c1. The summed E-state index contributed by atoms with van der Waals surface area (Å²) in [5, 5.41) is 22.8. The molecule has 1 unspecified atom stereocenters. The molecule has 1 atom stereocenters. The molecule has 0 amide bonds. The van der Waals surface area contributed by atoms with Crippen LogP contribution in [0.5, 0.6) is 0 Å². The Labute approximate surface area is 110 Å². The molecule has 2 rings (SSSR count). The van der Waals surface area contributed by atoms with Gasteiger partial charge in [-0.25, -0.2) is 0 Å². The van der Waals surface area contributed by atoms with Crippen molar-refractivity contribution in [1.82, 2.24) is 4.90 Å². The average molecular weight is 270 g/mol. The highest BCUT2D eigenvalue weighted by Gasteiger charge is 2.35. The van der Waals surface area contributed by atoms with Crippen LogP contribution in [-0.2, 0) is 6.54 Å². The minimum absolute atomic E-state index is 0.136. The Morgan fingerprint density at radius 2 is 2.39 bits per heavy atom. The van der Waals surface area contributed by atoms with E-state index >= 15 is 0 Å². The van der Waals surface area contributed by atoms with E-state index in [-0.39, 0.29) is 16.0 Å². The number of thiophene rings is 1. The molecule has 1 fully saturated rings. The smallest absolute Gasteiger partial charge is 0.324 e. The first-order valence-electron chi connectivity index (χ1n) is 6.06. The summed E-state index contributed by atoms with van der Waals surface area (Å²) >= 11 is 1.16. The number of hydrogen-bond donors (Lipinski definition) is 1. The highest BCUT2D eigenvalue weighted by molar-refractivity contribution is 7.13. The standard InChI is InChI=1S/C12H18N2O3S/c1-12(2,15)10-4-3-5-13(10)7-9-6-11(14(16)17)18-8-9/h6,8,10,15H,3-5,7H2,1-2H3. The molecule has 1 saturated heterocycles. The fourth-order valence-electron chi connectivity index (χ4n) is 2.59. The van der Waals surface area contributed by atoms with E-state index in [1.165, 1.54) is 0 Å². The molecule has 2 heterocycles. The van der Waals surface area contributed by atoms with Crippen LogP contribution >= 0.6 is 11.3 Å². The van der Waals surface area contributed by atoms with E-state index in [0.717, 1.165) is 36.3 Å². The largest absolute Gasteiger partial charge is 0.389 e. The van der Waals surface area contributed by atoms with Crippen LogP contribution in [0.2, 0.25) is 0 Å². The lowest BCUT2D eigenvalue weighted by Crippen LogP contribution is -2.45. The van der Waals surface area contributed by atoms with Gasteiger partial charge >= 0.3 is 5.00 Å². The van der Waals surface area contributed by atoms with Gasteiger partial charge in [-0.2, -0.15) is 0 Å². The van der Waals surface area contributed by atoms with E-state index in [1.54, 1.807) is 6.07 Å². The molecule has 1 aromatic heterocycles. The lowest BCUT2D eigenvalue weighted by atomic mass is 9.96. The summed E-state index contributed by atoms with van der Waals surface area (Å²) in [5.74, 6) is 0. The quantitative estimate of drug-likeness (QED) is 0.674. The highest BCUT2D eigenvalue weighted by atomic mass is 32.1. The van der Waals surface area contributed by atoms with Gasteiger partial charge in [-0.05, 0) is 38.8 Å². The van der Waals surface area contributed by atoms with Crippen LogP contribution in [0.15, 0.2) is 11.4 Å². The van der Waals surface area contributed by atoms with Crippen LogP contribution < -0.4 is 0 Å². The zero-order valence-electron chi connectivity index (χ0n) is 10.6. The molecule has 0 bridgehead atoms. The van der Waals surface area contributed by atoms with Crippen LogP contribution in [0.25, 0.3) is 0 Å². The molecule has 5 nitrogen and oxygen atoms in total. The van der Waals surface area contributed by atoms with Gasteiger partial charge in [0.2, 0.25) is 0 Å². The molecule has 100 valence electrons. The number of nitrogens with zero attached hydrogens (tertiary/aromatic N) is 2. The topological polar surface area (TPSA) is 66.6 Å². The zero-order valence-corrected chi connectivity index (χ0v) is 11.4. The second kappa shape index (κ2) is 4.95. The summed E-state index contributed by atoms with van der Waals surface area (Å²) in [5.41, 5.74) is 0.237. The molecular formula is C12H18N2O3S. The Hall–Kier alpha value is -0.980. The molecular weight excluding hydrogens is 252 g/mol. The maximum atomic E-state index is 10.6. The van der Waals surface area contributed by atoms with Gasteiger partial charge in [0.15, 0.2) is 0 Å². The first-order valence-corrected chi connectivity index (χ1v) is 6.94. The Morgan fingerprint density at radius 3 is 2.94 bits per heavy atom. The van der Waals surface area contributed by atoms with Gasteiger partial charge < -0.3 is 5.11 Å². The van der Waals surface area contributed by atoms with Crippen LogP contribution in [0.1, 0.15) is 32.3 Å². The Bertz CT molecular complexity index is 439. The van der Waals surface area contributed by atoms with Crippen molar-refractivity contribution < 1.29 is 10.0 Å². The summed E-state index contributed by atoms with van der Waals surface area (Å²) in [6.07, 6.45) is 2.05. The van der Waals surface area contributed by atoms with Gasteiger partial charge in [0.05, 0.1) is 10.5 Å². The summed E-state index contributed by atoms with van der Waals surface area (Å²) in [6.45, 7) is 5.27. The van der Waals surface area contributed by atoms with Crippen molar-refractivity contribution >= 4 is 16.3 Å². The van der Waals surface area contributed by atoms with E-state index in [9.17, 15) is 15.2 Å². The maximum Gasteiger partial charge on any atom is 0.324 e. The first-order chi connectivity index (χ1) is 8.38. The lowest BCUT2D eigenvalue weighted by molar-refractivity contribution is -0.380. The summed E-state index contributed by atoms with van der Waals surface area (Å²) in [7, 11) is 0. The van der Waals surface area contributed by atoms with Gasteiger partial charge in [-0.3, -0.25) is 15.0 Å². The third-order valence-corrected chi connectivity index (χ3v) is 4.31. The van der Waals surface area contributed by atoms with Gasteiger partial charge in [0.1, 0.15) is 0 Å². The molecule has 0 saturated carbocycles. The van der Waals surface area contributed by atoms with E-state index in [1.807, 2.05) is 19.2 Å². The molecule has 1 aliphatic rings. The van der Waals surface area contributed by atoms with Gasteiger partial charge in [0, 0.05) is 24.0 Å². The second-order valence-corrected chi connectivity index (χ2v) is 6.22. The van der Waals surface area contributed by atoms with Gasteiger partial charge in [-0.1, -0.05) is 11.3 Å². The molecule has 0 spiro atoms. The minimum Gasteiger partial charge on any atom is -0.389 e. The number of rotatable bonds is 4. The summed E-state index contributed by atoms with van der Waals surface area (Å²) < 4.78 is 0. The fraction of sp³-hybridized carbons (Fsp3) is 0.667. The first kappa shape index (κ1) is 13.5. The normalized spacial score (nSPS) is 21.4. The van der Waals surface area contributed by atoms with Crippen molar-refractivity contribution in [2.75, 3.05) is 6.54 Å². The summed E-state index contributed by atoms with van der Waals surface area (Å²) in [4.78, 5) is 12.5. The fourth-order valence-corrected chi connectivity index (χ4v) is 3.31. The number of likely N-dealkylation sites (tertiary alicyclic amines) is 1. The van der Waals surface area contributed by atoms with Crippen LogP contribution in [-0.4, -0.2) is 33.1 Å². The monoisotopic (exact) mass is 270 g/mol. The molecule has 6 heteroatoms. The molecule has 0 radical (unpaired) electrons. The number of nitro groups is 1. The minimum atomic E-state index is -0.724. The van der Waals surface area contributed by atoms with Crippen molar-refractivity contribution in [1.29, 1.82) is 0 Å². The van der Waals surface area contributed by atoms with Crippen LogP contribution in [0.4, 0.5) is 5.00 Å². The number of hydrogen-bond acceptors (Lipinski definition) is 5. The third-order valence-electron chi connectivity index (χ3n) is 3.38. The Balaban J connectivity index is 2.06. The van der Waals surface area contributed by atoms with Crippen LogP contribution in [0.3, 0.4) is 0 Å². The predicted molar refractivity (Wildman–Crippen MR) is 70.7 cm³/mol. The van der Waals surface area contributed by atoms with Gasteiger partial charge in [-0.15, -0.1) is 0 Å². The second-order valence-electron chi connectivity index (χ2n) is 5.33. The van der Waals surface area contributed by atoms with Crippen molar-refractivity contribution in [2.45, 2.75) is 44.9 Å². The molecule has 0 aliphatic carbocycles. The molecule has 1 aliphatic heterocycles. The predicted octanol–water partition coefficient (Wildman–Crippen LogP) is 2.39.